The number of benzene rings is 2. The van der Waals surface area contributed by atoms with Gasteiger partial charge in [-0.1, -0.05) is 42.5 Å². The van der Waals surface area contributed by atoms with Crippen molar-refractivity contribution in [3.05, 3.63) is 66.0 Å². The molecule has 4 nitrogen and oxygen atoms in total. The summed E-state index contributed by atoms with van der Waals surface area (Å²) in [6.07, 6.45) is 0. The molecule has 1 fully saturated rings. The zero-order chi connectivity index (χ0) is 14.5. The van der Waals surface area contributed by atoms with Gasteiger partial charge in [0, 0.05) is 19.0 Å². The van der Waals surface area contributed by atoms with Crippen molar-refractivity contribution in [2.75, 3.05) is 6.61 Å². The van der Waals surface area contributed by atoms with Gasteiger partial charge in [0.1, 0.15) is 11.9 Å². The van der Waals surface area contributed by atoms with E-state index in [-0.39, 0.29) is 6.04 Å². The van der Waals surface area contributed by atoms with Gasteiger partial charge in [0.15, 0.2) is 0 Å². The van der Waals surface area contributed by atoms with Gasteiger partial charge in [0.05, 0.1) is 17.6 Å². The molecular weight excluding hydrogens is 274 g/mol. The molecule has 4 heteroatoms. The fourth-order valence-electron chi connectivity index (χ4n) is 3.74. The van der Waals surface area contributed by atoms with Crippen molar-refractivity contribution in [1.29, 1.82) is 0 Å². The number of hydrogen-bond acceptors (Lipinski definition) is 3. The van der Waals surface area contributed by atoms with Crippen molar-refractivity contribution < 1.29 is 4.84 Å². The normalized spacial score (nSPS) is 23.8. The van der Waals surface area contributed by atoms with Crippen LogP contribution in [0.1, 0.15) is 17.4 Å². The largest absolute Gasteiger partial charge is 0.326 e. The summed E-state index contributed by atoms with van der Waals surface area (Å²) in [6, 6.07) is 19.2. The average molecular weight is 291 g/mol. The van der Waals surface area contributed by atoms with Crippen LogP contribution in [0.5, 0.6) is 0 Å². The van der Waals surface area contributed by atoms with Crippen molar-refractivity contribution in [3.8, 4) is 0 Å². The third-order valence-corrected chi connectivity index (χ3v) is 4.76. The Kier molecular flexibility index (Phi) is 2.62. The minimum Gasteiger partial charge on any atom is -0.326 e. The van der Waals surface area contributed by atoms with Crippen molar-refractivity contribution in [3.63, 3.8) is 0 Å². The number of fused-ring (bicyclic) bond motifs is 5. The molecule has 0 aliphatic carbocycles. The third kappa shape index (κ3) is 1.74. The van der Waals surface area contributed by atoms with E-state index in [1.54, 1.807) is 0 Å². The molecule has 3 heterocycles. The lowest BCUT2D eigenvalue weighted by Gasteiger charge is -2.20. The molecule has 0 saturated carbocycles. The minimum atomic E-state index is 0.271. The van der Waals surface area contributed by atoms with Crippen LogP contribution in [0.2, 0.25) is 0 Å². The summed E-state index contributed by atoms with van der Waals surface area (Å²) < 4.78 is 2.37. The van der Waals surface area contributed by atoms with Crippen LogP contribution in [-0.2, 0) is 17.9 Å². The van der Waals surface area contributed by atoms with E-state index < -0.39 is 0 Å². The molecule has 2 aromatic carbocycles. The van der Waals surface area contributed by atoms with Crippen molar-refractivity contribution >= 4 is 11.0 Å². The Morgan fingerprint density at radius 2 is 1.86 bits per heavy atom. The summed E-state index contributed by atoms with van der Waals surface area (Å²) in [5, 5.41) is 2.12. The highest BCUT2D eigenvalue weighted by Gasteiger charge is 2.44. The van der Waals surface area contributed by atoms with E-state index in [0.717, 1.165) is 31.0 Å². The lowest BCUT2D eigenvalue weighted by atomic mass is 10.0. The number of nitrogens with zero attached hydrogens (tertiary/aromatic N) is 3. The first-order chi connectivity index (χ1) is 10.9. The van der Waals surface area contributed by atoms with E-state index in [1.807, 2.05) is 6.07 Å². The molecule has 0 spiro atoms. The van der Waals surface area contributed by atoms with E-state index in [1.165, 1.54) is 11.1 Å². The second kappa shape index (κ2) is 4.66. The van der Waals surface area contributed by atoms with Gasteiger partial charge in [-0.3, -0.25) is 4.84 Å². The number of rotatable bonds is 2. The highest BCUT2D eigenvalue weighted by atomic mass is 16.7. The van der Waals surface area contributed by atoms with E-state index in [2.05, 4.69) is 58.2 Å². The van der Waals surface area contributed by atoms with Gasteiger partial charge < -0.3 is 4.57 Å². The molecule has 0 unspecified atom stereocenters. The van der Waals surface area contributed by atoms with E-state index in [9.17, 15) is 0 Å². The van der Waals surface area contributed by atoms with Crippen molar-refractivity contribution in [1.82, 2.24) is 14.6 Å². The summed E-state index contributed by atoms with van der Waals surface area (Å²) in [6.45, 7) is 2.60. The fourth-order valence-corrected chi connectivity index (χ4v) is 3.74. The monoisotopic (exact) mass is 291 g/mol. The zero-order valence-electron chi connectivity index (χ0n) is 12.2. The van der Waals surface area contributed by atoms with Crippen LogP contribution >= 0.6 is 0 Å². The van der Waals surface area contributed by atoms with Gasteiger partial charge in [-0.05, 0) is 17.7 Å². The van der Waals surface area contributed by atoms with E-state index >= 15 is 0 Å². The highest BCUT2D eigenvalue weighted by molar-refractivity contribution is 5.76. The predicted molar refractivity (Wildman–Crippen MR) is 83.9 cm³/mol. The Morgan fingerprint density at radius 3 is 2.77 bits per heavy atom. The molecule has 0 amide bonds. The second-order valence-corrected chi connectivity index (χ2v) is 6.13. The first-order valence-electron chi connectivity index (χ1n) is 7.79. The third-order valence-electron chi connectivity index (χ3n) is 4.76. The van der Waals surface area contributed by atoms with Crippen molar-refractivity contribution in [2.45, 2.75) is 19.1 Å². The molecule has 2 aliphatic rings. The predicted octanol–water partition coefficient (Wildman–Crippen LogP) is 3.15. The topological polar surface area (TPSA) is 30.3 Å². The number of hydrogen-bond donors (Lipinski definition) is 0. The van der Waals surface area contributed by atoms with Gasteiger partial charge in [0.2, 0.25) is 0 Å². The average Bonchev–Trinajstić information content (AvgIpc) is 3.19. The Hall–Kier alpha value is -2.17. The quantitative estimate of drug-likeness (QED) is 0.726. The van der Waals surface area contributed by atoms with E-state index in [4.69, 9.17) is 9.82 Å². The molecule has 0 radical (unpaired) electrons. The summed E-state index contributed by atoms with van der Waals surface area (Å²) in [5.74, 6) is 1.66. The standard InChI is InChI=1S/C18H17N3O/c1-2-6-13(7-3-1)10-21-17-14(12-22-21)11-20-16-9-5-4-8-15(16)19-18(17)20/h1-9,14,17H,10-12H2/t14-,17+/m0/s1. The maximum Gasteiger partial charge on any atom is 0.130 e. The molecule has 3 aromatic rings. The van der Waals surface area contributed by atoms with Crippen LogP contribution in [0.4, 0.5) is 0 Å². The summed E-state index contributed by atoms with van der Waals surface area (Å²) in [5.41, 5.74) is 3.60. The molecule has 0 bridgehead atoms. The van der Waals surface area contributed by atoms with Crippen LogP contribution < -0.4 is 0 Å². The maximum absolute atomic E-state index is 5.96. The Labute approximate surface area is 128 Å². The van der Waals surface area contributed by atoms with Gasteiger partial charge in [-0.2, -0.15) is 5.06 Å². The smallest absolute Gasteiger partial charge is 0.130 e. The SMILES string of the molecule is c1ccc(CN2OC[C@@H]3Cn4c(nc5ccccc54)[C@@H]32)cc1. The van der Waals surface area contributed by atoms with Crippen LogP contribution in [0.15, 0.2) is 54.6 Å². The summed E-state index contributed by atoms with van der Waals surface area (Å²) >= 11 is 0. The van der Waals surface area contributed by atoms with Crippen LogP contribution in [0.3, 0.4) is 0 Å². The Bertz CT molecular complexity index is 827. The summed E-state index contributed by atoms with van der Waals surface area (Å²) in [4.78, 5) is 10.8. The molecule has 1 aromatic heterocycles. The molecule has 0 N–H and O–H groups in total. The Balaban J connectivity index is 1.53. The number of aromatic nitrogens is 2. The Morgan fingerprint density at radius 1 is 1.05 bits per heavy atom. The number of hydroxylamine groups is 2. The summed E-state index contributed by atoms with van der Waals surface area (Å²) in [7, 11) is 0. The molecule has 5 rings (SSSR count). The van der Waals surface area contributed by atoms with E-state index in [0.29, 0.717) is 5.92 Å². The fraction of sp³-hybridized carbons (Fsp3) is 0.278. The zero-order valence-corrected chi connectivity index (χ0v) is 12.2. The first-order valence-corrected chi connectivity index (χ1v) is 7.79. The van der Waals surface area contributed by atoms with Crippen LogP contribution in [0, 0.1) is 5.92 Å². The minimum absolute atomic E-state index is 0.271. The molecule has 1 saturated heterocycles. The molecule has 22 heavy (non-hydrogen) atoms. The lowest BCUT2D eigenvalue weighted by molar-refractivity contribution is -0.142. The van der Waals surface area contributed by atoms with Gasteiger partial charge in [0.25, 0.3) is 0 Å². The van der Waals surface area contributed by atoms with Gasteiger partial charge in [-0.25, -0.2) is 4.98 Å². The number of para-hydroxylation sites is 2. The van der Waals surface area contributed by atoms with Crippen LogP contribution in [0.25, 0.3) is 11.0 Å². The van der Waals surface area contributed by atoms with Crippen LogP contribution in [-0.4, -0.2) is 21.2 Å². The molecule has 110 valence electrons. The maximum atomic E-state index is 5.96. The number of imidazole rings is 1. The first kappa shape index (κ1) is 12.4. The molecule has 2 atom stereocenters. The molecule has 2 aliphatic heterocycles. The lowest BCUT2D eigenvalue weighted by Crippen LogP contribution is -2.22. The van der Waals surface area contributed by atoms with Gasteiger partial charge >= 0.3 is 0 Å². The van der Waals surface area contributed by atoms with Gasteiger partial charge in [-0.15, -0.1) is 0 Å². The second-order valence-electron chi connectivity index (χ2n) is 6.13. The highest BCUT2D eigenvalue weighted by Crippen LogP contribution is 2.43. The van der Waals surface area contributed by atoms with Crippen molar-refractivity contribution in [2.24, 2.45) is 5.92 Å². The molecular formula is C18H17N3O.